The summed E-state index contributed by atoms with van der Waals surface area (Å²) in [5.74, 6) is 0.606. The van der Waals surface area contributed by atoms with E-state index in [0.717, 1.165) is 11.3 Å². The van der Waals surface area contributed by atoms with Gasteiger partial charge in [0, 0.05) is 0 Å². The highest BCUT2D eigenvalue weighted by atomic mass is 32.1. The number of ether oxygens (including phenoxy) is 1. The topological polar surface area (TPSA) is 64.3 Å². The quantitative estimate of drug-likeness (QED) is 0.811. The summed E-state index contributed by atoms with van der Waals surface area (Å²) < 4.78 is 5.09. The van der Waals surface area contributed by atoms with Gasteiger partial charge in [-0.25, -0.2) is 0 Å². The second-order valence-corrected chi connectivity index (χ2v) is 5.40. The van der Waals surface area contributed by atoms with Crippen LogP contribution in [0.4, 0.5) is 0 Å². The van der Waals surface area contributed by atoms with E-state index in [2.05, 4.69) is 5.32 Å². The number of nitrogens with one attached hydrogen (secondary N) is 1. The number of nitrogens with two attached hydrogens (primary N) is 1. The summed E-state index contributed by atoms with van der Waals surface area (Å²) in [6, 6.07) is 7.43. The van der Waals surface area contributed by atoms with Crippen LogP contribution in [0.3, 0.4) is 0 Å². The molecule has 3 N–H and O–H groups in total. The Labute approximate surface area is 119 Å². The molecule has 1 aromatic rings. The Balaban J connectivity index is 2.76. The third-order valence-corrected chi connectivity index (χ3v) is 3.66. The fraction of sp³-hybridized carbons (Fsp3) is 0.429. The van der Waals surface area contributed by atoms with Gasteiger partial charge in [-0.1, -0.05) is 24.4 Å². The average Bonchev–Trinajstić information content (AvgIpc) is 2.38. The highest BCUT2D eigenvalue weighted by molar-refractivity contribution is 7.80. The summed E-state index contributed by atoms with van der Waals surface area (Å²) in [6.07, 6.45) is 0. The second kappa shape index (κ2) is 6.02. The number of amides is 1. The molecule has 0 saturated carbocycles. The van der Waals surface area contributed by atoms with Gasteiger partial charge in [0.1, 0.15) is 5.75 Å². The summed E-state index contributed by atoms with van der Waals surface area (Å²) in [5.41, 5.74) is 5.72. The van der Waals surface area contributed by atoms with Crippen LogP contribution >= 0.6 is 12.2 Å². The van der Waals surface area contributed by atoms with E-state index in [1.165, 1.54) is 0 Å². The van der Waals surface area contributed by atoms with Crippen molar-refractivity contribution < 1.29 is 9.53 Å². The first kappa shape index (κ1) is 15.4. The van der Waals surface area contributed by atoms with Crippen molar-refractivity contribution in [2.45, 2.75) is 26.8 Å². The van der Waals surface area contributed by atoms with E-state index >= 15 is 0 Å². The SMILES string of the molecule is COc1ccc(C(C)NC(=O)C(C)(C)C(N)=S)cc1. The minimum Gasteiger partial charge on any atom is -0.497 e. The number of methoxy groups -OCH3 is 1. The molecule has 4 nitrogen and oxygen atoms in total. The molecule has 0 radical (unpaired) electrons. The number of hydrogen-bond donors (Lipinski definition) is 2. The van der Waals surface area contributed by atoms with E-state index in [1.54, 1.807) is 21.0 Å². The van der Waals surface area contributed by atoms with E-state index in [4.69, 9.17) is 22.7 Å². The van der Waals surface area contributed by atoms with Crippen LogP contribution < -0.4 is 15.8 Å². The molecule has 1 amide bonds. The van der Waals surface area contributed by atoms with Gasteiger partial charge in [0.05, 0.1) is 23.6 Å². The Morgan fingerprint density at radius 2 is 1.89 bits per heavy atom. The standard InChI is InChI=1S/C14H20N2O2S/c1-9(10-5-7-11(18-4)8-6-10)16-13(17)14(2,3)12(15)19/h5-9H,1-4H3,(H2,15,19)(H,16,17). The van der Waals surface area contributed by atoms with Crippen molar-refractivity contribution in [3.05, 3.63) is 29.8 Å². The van der Waals surface area contributed by atoms with Crippen LogP contribution in [0.2, 0.25) is 0 Å². The van der Waals surface area contributed by atoms with Gasteiger partial charge >= 0.3 is 0 Å². The molecule has 0 aliphatic rings. The fourth-order valence-electron chi connectivity index (χ4n) is 1.46. The van der Waals surface area contributed by atoms with Gasteiger partial charge in [0.25, 0.3) is 0 Å². The predicted octanol–water partition coefficient (Wildman–Crippen LogP) is 2.18. The summed E-state index contributed by atoms with van der Waals surface area (Å²) in [6.45, 7) is 5.34. The second-order valence-electron chi connectivity index (χ2n) is 4.96. The van der Waals surface area contributed by atoms with Crippen molar-refractivity contribution in [2.24, 2.45) is 11.1 Å². The first-order chi connectivity index (χ1) is 8.78. The molecule has 1 rings (SSSR count). The zero-order valence-electron chi connectivity index (χ0n) is 11.7. The Morgan fingerprint density at radius 3 is 2.32 bits per heavy atom. The van der Waals surface area contributed by atoms with Crippen molar-refractivity contribution in [3.63, 3.8) is 0 Å². The van der Waals surface area contributed by atoms with Crippen LogP contribution in [0.1, 0.15) is 32.4 Å². The van der Waals surface area contributed by atoms with Gasteiger partial charge in [-0.15, -0.1) is 0 Å². The Kier molecular flexibility index (Phi) is 4.89. The van der Waals surface area contributed by atoms with Gasteiger partial charge in [0.2, 0.25) is 5.91 Å². The van der Waals surface area contributed by atoms with E-state index in [-0.39, 0.29) is 16.9 Å². The lowest BCUT2D eigenvalue weighted by Gasteiger charge is -2.25. The summed E-state index contributed by atoms with van der Waals surface area (Å²) in [4.78, 5) is 12.3. The van der Waals surface area contributed by atoms with Crippen molar-refractivity contribution in [1.82, 2.24) is 5.32 Å². The van der Waals surface area contributed by atoms with Gasteiger partial charge in [-0.05, 0) is 38.5 Å². The largest absolute Gasteiger partial charge is 0.497 e. The monoisotopic (exact) mass is 280 g/mol. The first-order valence-electron chi connectivity index (χ1n) is 6.04. The highest BCUT2D eigenvalue weighted by Gasteiger charge is 2.31. The van der Waals surface area contributed by atoms with E-state index in [0.29, 0.717) is 0 Å². The summed E-state index contributed by atoms with van der Waals surface area (Å²) in [7, 11) is 1.62. The summed E-state index contributed by atoms with van der Waals surface area (Å²) in [5, 5.41) is 2.91. The number of carbonyl (C=O) groups excluding carboxylic acids is 1. The maximum absolute atomic E-state index is 12.1. The van der Waals surface area contributed by atoms with E-state index in [9.17, 15) is 4.79 Å². The predicted molar refractivity (Wildman–Crippen MR) is 80.1 cm³/mol. The maximum atomic E-state index is 12.1. The first-order valence-corrected chi connectivity index (χ1v) is 6.44. The van der Waals surface area contributed by atoms with Crippen molar-refractivity contribution in [3.8, 4) is 5.75 Å². The van der Waals surface area contributed by atoms with Crippen LogP contribution in [0.25, 0.3) is 0 Å². The van der Waals surface area contributed by atoms with Gasteiger partial charge < -0.3 is 15.8 Å². The maximum Gasteiger partial charge on any atom is 0.232 e. The normalized spacial score (nSPS) is 12.6. The molecule has 0 spiro atoms. The van der Waals surface area contributed by atoms with Crippen LogP contribution in [0.5, 0.6) is 5.75 Å². The molecule has 104 valence electrons. The molecule has 0 heterocycles. The highest BCUT2D eigenvalue weighted by Crippen LogP contribution is 2.21. The lowest BCUT2D eigenvalue weighted by Crippen LogP contribution is -2.45. The van der Waals surface area contributed by atoms with E-state index in [1.807, 2.05) is 31.2 Å². The molecular weight excluding hydrogens is 260 g/mol. The van der Waals surface area contributed by atoms with E-state index < -0.39 is 5.41 Å². The molecule has 0 aliphatic carbocycles. The number of carbonyl (C=O) groups is 1. The molecule has 1 aromatic carbocycles. The summed E-state index contributed by atoms with van der Waals surface area (Å²) >= 11 is 4.91. The number of thiocarbonyl (C=S) groups is 1. The molecule has 0 aromatic heterocycles. The molecule has 5 heteroatoms. The molecule has 19 heavy (non-hydrogen) atoms. The third kappa shape index (κ3) is 3.67. The Bertz CT molecular complexity index is 469. The van der Waals surface area contributed by atoms with Crippen LogP contribution in [0, 0.1) is 5.41 Å². The van der Waals surface area contributed by atoms with Crippen LogP contribution in [0.15, 0.2) is 24.3 Å². The Morgan fingerprint density at radius 1 is 1.37 bits per heavy atom. The molecule has 0 bridgehead atoms. The molecular formula is C14H20N2O2S. The van der Waals surface area contributed by atoms with Crippen molar-refractivity contribution in [1.29, 1.82) is 0 Å². The lowest BCUT2D eigenvalue weighted by molar-refractivity contribution is -0.126. The van der Waals surface area contributed by atoms with Crippen molar-refractivity contribution in [2.75, 3.05) is 7.11 Å². The molecule has 0 saturated heterocycles. The molecule has 1 unspecified atom stereocenters. The van der Waals surface area contributed by atoms with Gasteiger partial charge in [-0.2, -0.15) is 0 Å². The zero-order valence-corrected chi connectivity index (χ0v) is 12.5. The fourth-order valence-corrected chi connectivity index (χ4v) is 1.56. The Hall–Kier alpha value is -1.62. The van der Waals surface area contributed by atoms with Gasteiger partial charge in [0.15, 0.2) is 0 Å². The number of hydrogen-bond acceptors (Lipinski definition) is 3. The third-order valence-electron chi connectivity index (χ3n) is 3.15. The van der Waals surface area contributed by atoms with Gasteiger partial charge in [-0.3, -0.25) is 4.79 Å². The number of benzene rings is 1. The van der Waals surface area contributed by atoms with Crippen molar-refractivity contribution >= 4 is 23.1 Å². The van der Waals surface area contributed by atoms with Crippen LogP contribution in [-0.4, -0.2) is 18.0 Å². The minimum atomic E-state index is -0.851. The lowest BCUT2D eigenvalue weighted by atomic mass is 9.91. The zero-order chi connectivity index (χ0) is 14.6. The molecule has 0 aliphatic heterocycles. The smallest absolute Gasteiger partial charge is 0.232 e. The molecule has 0 fully saturated rings. The van der Waals surface area contributed by atoms with Crippen LogP contribution in [-0.2, 0) is 4.79 Å². The number of rotatable bonds is 5. The minimum absolute atomic E-state index is 0.118. The molecule has 1 atom stereocenters. The average molecular weight is 280 g/mol.